The highest BCUT2D eigenvalue weighted by molar-refractivity contribution is 5.29. The van der Waals surface area contributed by atoms with Crippen LogP contribution in [-0.2, 0) is 6.54 Å². The van der Waals surface area contributed by atoms with Gasteiger partial charge in [-0.3, -0.25) is 4.68 Å². The average Bonchev–Trinajstić information content (AvgIpc) is 2.43. The molecule has 0 aliphatic carbocycles. The van der Waals surface area contributed by atoms with Crippen LogP contribution in [0.5, 0.6) is 0 Å². The summed E-state index contributed by atoms with van der Waals surface area (Å²) in [5.41, 5.74) is 1.51. The number of hydrogen-bond donors (Lipinski definition) is 0. The summed E-state index contributed by atoms with van der Waals surface area (Å²) in [6.07, 6.45) is 4.08. The van der Waals surface area contributed by atoms with Crippen molar-refractivity contribution in [2.45, 2.75) is 33.2 Å². The van der Waals surface area contributed by atoms with Gasteiger partial charge in [-0.05, 0) is 13.3 Å². The first-order chi connectivity index (χ1) is 5.77. The van der Waals surface area contributed by atoms with Crippen molar-refractivity contribution in [1.82, 2.24) is 9.78 Å². The van der Waals surface area contributed by atoms with Crippen molar-refractivity contribution in [3.8, 4) is 6.07 Å². The quantitative estimate of drug-likeness (QED) is 0.682. The van der Waals surface area contributed by atoms with E-state index in [0.717, 1.165) is 25.1 Å². The van der Waals surface area contributed by atoms with Gasteiger partial charge in [0, 0.05) is 12.7 Å². The minimum Gasteiger partial charge on any atom is -0.271 e. The Morgan fingerprint density at radius 1 is 1.67 bits per heavy atom. The van der Waals surface area contributed by atoms with E-state index < -0.39 is 0 Å². The Balaban J connectivity index is 2.70. The molecule has 0 bridgehead atoms. The minimum atomic E-state index is 0.686. The van der Waals surface area contributed by atoms with Crippen molar-refractivity contribution < 1.29 is 0 Å². The van der Waals surface area contributed by atoms with Gasteiger partial charge >= 0.3 is 0 Å². The molecule has 0 aromatic carbocycles. The Morgan fingerprint density at radius 3 is 2.92 bits per heavy atom. The predicted molar refractivity (Wildman–Crippen MR) is 46.6 cm³/mol. The lowest BCUT2D eigenvalue weighted by Gasteiger charge is -1.96. The predicted octanol–water partition coefficient (Wildman–Crippen LogP) is 1.86. The monoisotopic (exact) mass is 163 g/mol. The molecule has 0 aliphatic heterocycles. The molecule has 0 N–H and O–H groups in total. The summed E-state index contributed by atoms with van der Waals surface area (Å²) in [7, 11) is 0. The number of aromatic nitrogens is 2. The number of unbranched alkanes of at least 4 members (excludes halogenated alkanes) is 1. The molecule has 0 unspecified atom stereocenters. The lowest BCUT2D eigenvalue weighted by atomic mass is 10.3. The van der Waals surface area contributed by atoms with Gasteiger partial charge in [0.25, 0.3) is 0 Å². The number of hydrogen-bond acceptors (Lipinski definition) is 2. The third-order valence-electron chi connectivity index (χ3n) is 1.81. The molecule has 3 heteroatoms. The molecule has 0 amide bonds. The lowest BCUT2D eigenvalue weighted by molar-refractivity contribution is 0.568. The van der Waals surface area contributed by atoms with E-state index in [1.165, 1.54) is 0 Å². The highest BCUT2D eigenvalue weighted by Crippen LogP contribution is 2.04. The summed E-state index contributed by atoms with van der Waals surface area (Å²) >= 11 is 0. The second-order valence-corrected chi connectivity index (χ2v) is 2.86. The van der Waals surface area contributed by atoms with Gasteiger partial charge in [-0.15, -0.1) is 0 Å². The van der Waals surface area contributed by atoms with Gasteiger partial charge in [-0.25, -0.2) is 0 Å². The fourth-order valence-electron chi connectivity index (χ4n) is 1.06. The molecule has 3 nitrogen and oxygen atoms in total. The fraction of sp³-hybridized carbons (Fsp3) is 0.556. The van der Waals surface area contributed by atoms with Gasteiger partial charge in [0.05, 0.1) is 11.3 Å². The van der Waals surface area contributed by atoms with E-state index in [4.69, 9.17) is 5.26 Å². The second-order valence-electron chi connectivity index (χ2n) is 2.86. The van der Waals surface area contributed by atoms with Gasteiger partial charge in [0.15, 0.2) is 0 Å². The molecule has 0 spiro atoms. The Hall–Kier alpha value is -1.30. The molecule has 0 atom stereocenters. The Labute approximate surface area is 72.6 Å². The number of nitriles is 1. The molecule has 0 saturated carbocycles. The van der Waals surface area contributed by atoms with Crippen LogP contribution in [0.4, 0.5) is 0 Å². The van der Waals surface area contributed by atoms with E-state index in [2.05, 4.69) is 18.1 Å². The molecule has 0 saturated heterocycles. The molecular weight excluding hydrogens is 150 g/mol. The van der Waals surface area contributed by atoms with Crippen molar-refractivity contribution >= 4 is 0 Å². The van der Waals surface area contributed by atoms with Gasteiger partial charge in [0.1, 0.15) is 6.07 Å². The van der Waals surface area contributed by atoms with Crippen LogP contribution in [0.25, 0.3) is 0 Å². The van der Waals surface area contributed by atoms with E-state index in [-0.39, 0.29) is 0 Å². The van der Waals surface area contributed by atoms with Crippen molar-refractivity contribution in [1.29, 1.82) is 5.26 Å². The van der Waals surface area contributed by atoms with Crippen LogP contribution in [0.3, 0.4) is 0 Å². The summed E-state index contributed by atoms with van der Waals surface area (Å²) in [5, 5.41) is 12.9. The first-order valence-corrected chi connectivity index (χ1v) is 4.22. The zero-order valence-corrected chi connectivity index (χ0v) is 7.54. The van der Waals surface area contributed by atoms with Gasteiger partial charge in [-0.2, -0.15) is 10.4 Å². The molecule has 1 aromatic rings. The summed E-state index contributed by atoms with van der Waals surface area (Å²) in [6, 6.07) is 2.11. The topological polar surface area (TPSA) is 41.6 Å². The maximum Gasteiger partial charge on any atom is 0.103 e. The SMILES string of the molecule is CCCCn1cc(C#N)c(C)n1. The van der Waals surface area contributed by atoms with E-state index in [0.29, 0.717) is 5.56 Å². The Morgan fingerprint density at radius 2 is 2.42 bits per heavy atom. The van der Waals surface area contributed by atoms with Gasteiger partial charge < -0.3 is 0 Å². The van der Waals surface area contributed by atoms with Crippen molar-refractivity contribution in [3.05, 3.63) is 17.5 Å². The lowest BCUT2D eigenvalue weighted by Crippen LogP contribution is -1.97. The molecule has 1 aromatic heterocycles. The molecular formula is C9H13N3. The van der Waals surface area contributed by atoms with Crippen molar-refractivity contribution in [3.63, 3.8) is 0 Å². The number of rotatable bonds is 3. The zero-order chi connectivity index (χ0) is 8.97. The average molecular weight is 163 g/mol. The van der Waals surface area contributed by atoms with Crippen LogP contribution >= 0.6 is 0 Å². The second kappa shape index (κ2) is 3.91. The van der Waals surface area contributed by atoms with E-state index in [9.17, 15) is 0 Å². The first kappa shape index (κ1) is 8.79. The molecule has 0 radical (unpaired) electrons. The van der Waals surface area contributed by atoms with Crippen molar-refractivity contribution in [2.75, 3.05) is 0 Å². The van der Waals surface area contributed by atoms with E-state index in [1.54, 1.807) is 0 Å². The molecule has 1 heterocycles. The Kier molecular flexibility index (Phi) is 2.87. The molecule has 1 rings (SSSR count). The molecule has 0 fully saturated rings. The molecule has 64 valence electrons. The maximum absolute atomic E-state index is 8.65. The zero-order valence-electron chi connectivity index (χ0n) is 7.54. The number of nitrogens with zero attached hydrogens (tertiary/aromatic N) is 3. The van der Waals surface area contributed by atoms with Crippen LogP contribution in [0, 0.1) is 18.3 Å². The fourth-order valence-corrected chi connectivity index (χ4v) is 1.06. The summed E-state index contributed by atoms with van der Waals surface area (Å²) < 4.78 is 1.84. The van der Waals surface area contributed by atoms with Crippen LogP contribution < -0.4 is 0 Å². The smallest absolute Gasteiger partial charge is 0.103 e. The van der Waals surface area contributed by atoms with E-state index >= 15 is 0 Å². The van der Waals surface area contributed by atoms with Gasteiger partial charge in [-0.1, -0.05) is 13.3 Å². The molecule has 12 heavy (non-hydrogen) atoms. The normalized spacial score (nSPS) is 9.75. The van der Waals surface area contributed by atoms with Gasteiger partial charge in [0.2, 0.25) is 0 Å². The van der Waals surface area contributed by atoms with Crippen LogP contribution in [0.15, 0.2) is 6.20 Å². The van der Waals surface area contributed by atoms with Crippen LogP contribution in [0.1, 0.15) is 31.0 Å². The largest absolute Gasteiger partial charge is 0.271 e. The highest BCUT2D eigenvalue weighted by atomic mass is 15.3. The summed E-state index contributed by atoms with van der Waals surface area (Å²) in [4.78, 5) is 0. The Bertz CT molecular complexity index is 293. The van der Waals surface area contributed by atoms with Crippen molar-refractivity contribution in [2.24, 2.45) is 0 Å². The van der Waals surface area contributed by atoms with E-state index in [1.807, 2.05) is 17.8 Å². The third kappa shape index (κ3) is 1.85. The van der Waals surface area contributed by atoms with Crippen LogP contribution in [-0.4, -0.2) is 9.78 Å². The summed E-state index contributed by atoms with van der Waals surface area (Å²) in [5.74, 6) is 0. The third-order valence-corrected chi connectivity index (χ3v) is 1.81. The number of aryl methyl sites for hydroxylation is 2. The summed E-state index contributed by atoms with van der Waals surface area (Å²) in [6.45, 7) is 4.92. The minimum absolute atomic E-state index is 0.686. The molecule has 0 aliphatic rings. The van der Waals surface area contributed by atoms with Crippen LogP contribution in [0.2, 0.25) is 0 Å². The standard InChI is InChI=1S/C9H13N3/c1-3-4-5-12-7-9(6-10)8(2)11-12/h7H,3-5H2,1-2H3. The maximum atomic E-state index is 8.65. The first-order valence-electron chi connectivity index (χ1n) is 4.22. The highest BCUT2D eigenvalue weighted by Gasteiger charge is 2.01.